The minimum Gasteiger partial charge on any atom is -0.481 e. The summed E-state index contributed by atoms with van der Waals surface area (Å²) < 4.78 is 5.66. The van der Waals surface area contributed by atoms with Gasteiger partial charge in [0.15, 0.2) is 6.10 Å². The van der Waals surface area contributed by atoms with E-state index in [-0.39, 0.29) is 5.91 Å². The van der Waals surface area contributed by atoms with E-state index in [1.54, 1.807) is 43.3 Å². The van der Waals surface area contributed by atoms with Crippen LogP contribution in [-0.2, 0) is 4.79 Å². The Balaban J connectivity index is 2.09. The second-order valence-corrected chi connectivity index (χ2v) is 6.01. The summed E-state index contributed by atoms with van der Waals surface area (Å²) >= 11 is 17.9. The van der Waals surface area contributed by atoms with Crippen LogP contribution in [0.5, 0.6) is 5.75 Å². The fraction of sp³-hybridized carbons (Fsp3) is 0.188. The van der Waals surface area contributed by atoms with Crippen molar-refractivity contribution in [3.05, 3.63) is 57.0 Å². The molecule has 0 aromatic heterocycles. The van der Waals surface area contributed by atoms with Crippen molar-refractivity contribution in [3.8, 4) is 5.75 Å². The predicted octanol–water partition coefficient (Wildman–Crippen LogP) is 5.36. The number of aryl methyl sites for hydroxylation is 1. The van der Waals surface area contributed by atoms with Crippen molar-refractivity contribution in [2.24, 2.45) is 0 Å². The molecular weight excluding hydrogens is 345 g/mol. The standard InChI is InChI=1S/C16H14Cl3NO2/c1-9-8-11(17)6-7-14(9)22-10(2)16(21)20-15-12(18)4-3-5-13(15)19/h3-8,10H,1-2H3,(H,20,21)/t10-/m1/s1. The number of nitrogens with one attached hydrogen (secondary N) is 1. The zero-order chi connectivity index (χ0) is 16.3. The van der Waals surface area contributed by atoms with E-state index in [2.05, 4.69) is 5.32 Å². The normalized spacial score (nSPS) is 11.9. The number of benzene rings is 2. The lowest BCUT2D eigenvalue weighted by Gasteiger charge is -2.17. The zero-order valence-electron chi connectivity index (χ0n) is 12.0. The van der Waals surface area contributed by atoms with Gasteiger partial charge in [0.25, 0.3) is 5.91 Å². The third-order valence-electron chi connectivity index (χ3n) is 3.02. The van der Waals surface area contributed by atoms with Crippen LogP contribution in [0.3, 0.4) is 0 Å². The molecular formula is C16H14Cl3NO2. The largest absolute Gasteiger partial charge is 0.481 e. The number of ether oxygens (including phenoxy) is 1. The number of para-hydroxylation sites is 1. The average molecular weight is 359 g/mol. The van der Waals surface area contributed by atoms with Crippen LogP contribution in [0.4, 0.5) is 5.69 Å². The molecule has 0 heterocycles. The van der Waals surface area contributed by atoms with Crippen LogP contribution >= 0.6 is 34.8 Å². The van der Waals surface area contributed by atoms with Crippen LogP contribution in [0.1, 0.15) is 12.5 Å². The Labute approximate surface area is 144 Å². The average Bonchev–Trinajstić information content (AvgIpc) is 2.45. The van der Waals surface area contributed by atoms with E-state index in [4.69, 9.17) is 39.5 Å². The summed E-state index contributed by atoms with van der Waals surface area (Å²) in [7, 11) is 0. The van der Waals surface area contributed by atoms with Crippen molar-refractivity contribution >= 4 is 46.4 Å². The molecule has 0 aliphatic rings. The Morgan fingerprint density at radius 3 is 2.36 bits per heavy atom. The summed E-state index contributed by atoms with van der Waals surface area (Å²) in [6, 6.07) is 10.2. The predicted molar refractivity (Wildman–Crippen MR) is 91.4 cm³/mol. The van der Waals surface area contributed by atoms with Gasteiger partial charge in [0, 0.05) is 5.02 Å². The monoisotopic (exact) mass is 357 g/mol. The maximum Gasteiger partial charge on any atom is 0.265 e. The maximum absolute atomic E-state index is 12.2. The second-order valence-electron chi connectivity index (χ2n) is 4.76. The number of rotatable bonds is 4. The molecule has 116 valence electrons. The van der Waals surface area contributed by atoms with Gasteiger partial charge in [-0.05, 0) is 49.7 Å². The highest BCUT2D eigenvalue weighted by Crippen LogP contribution is 2.30. The first kappa shape index (κ1) is 16.9. The summed E-state index contributed by atoms with van der Waals surface area (Å²) in [6.07, 6.45) is -0.716. The minimum absolute atomic E-state index is 0.343. The number of amides is 1. The van der Waals surface area contributed by atoms with Crippen LogP contribution < -0.4 is 10.1 Å². The molecule has 2 aromatic carbocycles. The highest BCUT2D eigenvalue weighted by Gasteiger charge is 2.18. The Morgan fingerprint density at radius 1 is 1.14 bits per heavy atom. The van der Waals surface area contributed by atoms with Crippen molar-refractivity contribution in [2.75, 3.05) is 5.32 Å². The highest BCUT2D eigenvalue weighted by molar-refractivity contribution is 6.39. The first-order chi connectivity index (χ1) is 10.4. The summed E-state index contributed by atoms with van der Waals surface area (Å²) in [5.41, 5.74) is 1.22. The van der Waals surface area contributed by atoms with Crippen molar-refractivity contribution in [1.29, 1.82) is 0 Å². The summed E-state index contributed by atoms with van der Waals surface area (Å²) in [5, 5.41) is 4.03. The minimum atomic E-state index is -0.716. The van der Waals surface area contributed by atoms with E-state index in [0.29, 0.717) is 26.5 Å². The molecule has 0 radical (unpaired) electrons. The van der Waals surface area contributed by atoms with Crippen molar-refractivity contribution in [1.82, 2.24) is 0 Å². The first-order valence-corrected chi connectivity index (χ1v) is 7.69. The van der Waals surface area contributed by atoms with Crippen molar-refractivity contribution < 1.29 is 9.53 Å². The Morgan fingerprint density at radius 2 is 1.77 bits per heavy atom. The van der Waals surface area contributed by atoms with Crippen LogP contribution in [0.15, 0.2) is 36.4 Å². The van der Waals surface area contributed by atoms with Gasteiger partial charge in [0.2, 0.25) is 0 Å². The molecule has 0 saturated heterocycles. The molecule has 0 aliphatic heterocycles. The molecule has 0 saturated carbocycles. The van der Waals surface area contributed by atoms with E-state index < -0.39 is 6.10 Å². The quantitative estimate of drug-likeness (QED) is 0.799. The van der Waals surface area contributed by atoms with E-state index >= 15 is 0 Å². The molecule has 0 unspecified atom stereocenters. The zero-order valence-corrected chi connectivity index (χ0v) is 14.3. The molecule has 22 heavy (non-hydrogen) atoms. The molecule has 0 spiro atoms. The number of carbonyl (C=O) groups excluding carboxylic acids is 1. The molecule has 1 amide bonds. The third-order valence-corrected chi connectivity index (χ3v) is 3.89. The molecule has 3 nitrogen and oxygen atoms in total. The lowest BCUT2D eigenvalue weighted by atomic mass is 10.2. The second kappa shape index (κ2) is 7.23. The number of anilines is 1. The molecule has 0 aliphatic carbocycles. The highest BCUT2D eigenvalue weighted by atomic mass is 35.5. The topological polar surface area (TPSA) is 38.3 Å². The van der Waals surface area contributed by atoms with Gasteiger partial charge in [-0.15, -0.1) is 0 Å². The number of hydrogen-bond donors (Lipinski definition) is 1. The van der Waals surface area contributed by atoms with Crippen LogP contribution in [0.2, 0.25) is 15.1 Å². The number of halogens is 3. The Hall–Kier alpha value is -1.42. The van der Waals surface area contributed by atoms with Crippen LogP contribution in [0.25, 0.3) is 0 Å². The van der Waals surface area contributed by atoms with Gasteiger partial charge in [0.05, 0.1) is 15.7 Å². The molecule has 1 N–H and O–H groups in total. The Kier molecular flexibility index (Phi) is 5.57. The van der Waals surface area contributed by atoms with Crippen molar-refractivity contribution in [3.63, 3.8) is 0 Å². The molecule has 0 bridgehead atoms. The van der Waals surface area contributed by atoms with Gasteiger partial charge in [-0.2, -0.15) is 0 Å². The van der Waals surface area contributed by atoms with Crippen LogP contribution in [0, 0.1) is 6.92 Å². The van der Waals surface area contributed by atoms with Gasteiger partial charge >= 0.3 is 0 Å². The number of carbonyl (C=O) groups is 1. The van der Waals surface area contributed by atoms with Gasteiger partial charge in [-0.1, -0.05) is 40.9 Å². The fourth-order valence-electron chi connectivity index (χ4n) is 1.83. The fourth-order valence-corrected chi connectivity index (χ4v) is 2.55. The molecule has 0 fully saturated rings. The van der Waals surface area contributed by atoms with E-state index in [9.17, 15) is 4.79 Å². The SMILES string of the molecule is Cc1cc(Cl)ccc1O[C@H](C)C(=O)Nc1c(Cl)cccc1Cl. The van der Waals surface area contributed by atoms with Crippen LogP contribution in [-0.4, -0.2) is 12.0 Å². The summed E-state index contributed by atoms with van der Waals surface area (Å²) in [6.45, 7) is 3.50. The molecule has 2 rings (SSSR count). The third kappa shape index (κ3) is 4.07. The molecule has 2 aromatic rings. The van der Waals surface area contributed by atoms with E-state index in [0.717, 1.165) is 5.56 Å². The van der Waals surface area contributed by atoms with Crippen molar-refractivity contribution in [2.45, 2.75) is 20.0 Å². The molecule has 1 atom stereocenters. The maximum atomic E-state index is 12.2. The lowest BCUT2D eigenvalue weighted by Crippen LogP contribution is -2.30. The van der Waals surface area contributed by atoms with Gasteiger partial charge in [-0.3, -0.25) is 4.79 Å². The van der Waals surface area contributed by atoms with Gasteiger partial charge in [-0.25, -0.2) is 0 Å². The summed E-state index contributed by atoms with van der Waals surface area (Å²) in [4.78, 5) is 12.2. The molecule has 6 heteroatoms. The first-order valence-electron chi connectivity index (χ1n) is 6.56. The summed E-state index contributed by atoms with van der Waals surface area (Å²) in [5.74, 6) is 0.252. The van der Waals surface area contributed by atoms with Gasteiger partial charge < -0.3 is 10.1 Å². The smallest absolute Gasteiger partial charge is 0.265 e. The lowest BCUT2D eigenvalue weighted by molar-refractivity contribution is -0.122. The van der Waals surface area contributed by atoms with E-state index in [1.807, 2.05) is 6.92 Å². The van der Waals surface area contributed by atoms with E-state index in [1.165, 1.54) is 0 Å². The van der Waals surface area contributed by atoms with Gasteiger partial charge in [0.1, 0.15) is 5.75 Å². The Bertz CT molecular complexity index is 684. The number of hydrogen-bond acceptors (Lipinski definition) is 2.